The molecule has 2 rings (SSSR count). The third-order valence-corrected chi connectivity index (χ3v) is 3.05. The lowest BCUT2D eigenvalue weighted by Gasteiger charge is -2.10. The molecule has 1 N–H and O–H groups in total. The van der Waals surface area contributed by atoms with Crippen molar-refractivity contribution in [3.63, 3.8) is 0 Å². The minimum atomic E-state index is 0.00385. The molecule has 4 nitrogen and oxygen atoms in total. The fraction of sp³-hybridized carbons (Fsp3) is 0.400. The van der Waals surface area contributed by atoms with E-state index >= 15 is 0 Å². The van der Waals surface area contributed by atoms with E-state index in [0.717, 1.165) is 28.5 Å². The van der Waals surface area contributed by atoms with Gasteiger partial charge in [-0.15, -0.1) is 0 Å². The Kier molecular flexibility index (Phi) is 3.90. The summed E-state index contributed by atoms with van der Waals surface area (Å²) >= 11 is 0. The van der Waals surface area contributed by atoms with Crippen molar-refractivity contribution in [3.05, 3.63) is 35.7 Å². The molecule has 0 amide bonds. The summed E-state index contributed by atoms with van der Waals surface area (Å²) < 4.78 is 7.54. The van der Waals surface area contributed by atoms with Gasteiger partial charge in [-0.25, -0.2) is 4.98 Å². The smallest absolute Gasteiger partial charge is 0.140 e. The molecule has 0 bridgehead atoms. The van der Waals surface area contributed by atoms with E-state index in [1.807, 2.05) is 56.7 Å². The number of aromatic nitrogens is 2. The molecule has 19 heavy (non-hydrogen) atoms. The molecule has 0 radical (unpaired) electrons. The van der Waals surface area contributed by atoms with Crippen molar-refractivity contribution in [1.29, 1.82) is 0 Å². The molecule has 1 aromatic heterocycles. The van der Waals surface area contributed by atoms with E-state index in [4.69, 9.17) is 4.74 Å². The number of ether oxygens (including phenoxy) is 1. The molecule has 0 aliphatic carbocycles. The van der Waals surface area contributed by atoms with Crippen LogP contribution in [0.1, 0.15) is 25.2 Å². The van der Waals surface area contributed by atoms with Crippen LogP contribution in [0.5, 0.6) is 5.75 Å². The van der Waals surface area contributed by atoms with Gasteiger partial charge >= 0.3 is 0 Å². The van der Waals surface area contributed by atoms with Gasteiger partial charge in [0.25, 0.3) is 0 Å². The number of aryl methyl sites for hydroxylation is 1. The van der Waals surface area contributed by atoms with Gasteiger partial charge in [0, 0.05) is 12.6 Å². The molecule has 0 aliphatic rings. The molecule has 0 spiro atoms. The molecule has 2 aromatic rings. The van der Waals surface area contributed by atoms with Crippen LogP contribution in [0.15, 0.2) is 24.3 Å². The van der Waals surface area contributed by atoms with E-state index in [-0.39, 0.29) is 12.7 Å². The van der Waals surface area contributed by atoms with Crippen LogP contribution in [0.2, 0.25) is 0 Å². The normalized spacial score (nSPS) is 11.1. The number of hydrogen-bond acceptors (Lipinski definition) is 3. The van der Waals surface area contributed by atoms with Gasteiger partial charge in [0.1, 0.15) is 11.6 Å². The van der Waals surface area contributed by atoms with Gasteiger partial charge in [-0.3, -0.25) is 0 Å². The Morgan fingerprint density at radius 1 is 1.26 bits per heavy atom. The third-order valence-electron chi connectivity index (χ3n) is 3.05. The highest BCUT2D eigenvalue weighted by molar-refractivity contribution is 5.58. The van der Waals surface area contributed by atoms with E-state index in [0.29, 0.717) is 0 Å². The zero-order valence-electron chi connectivity index (χ0n) is 11.8. The maximum absolute atomic E-state index is 9.32. The zero-order chi connectivity index (χ0) is 14.0. The Balaban J connectivity index is 2.32. The number of aliphatic hydroxyl groups is 1. The standard InChI is InChI=1S/C15H20N2O2/c1-10(2)19-13-7-5-12(6-8-13)15-16-11(3)14(9-18)17(15)4/h5-8,10,18H,9H2,1-4H3. The predicted molar refractivity (Wildman–Crippen MR) is 75.1 cm³/mol. The van der Waals surface area contributed by atoms with E-state index in [2.05, 4.69) is 4.98 Å². The third kappa shape index (κ3) is 2.79. The number of nitrogens with zero attached hydrogens (tertiary/aromatic N) is 2. The summed E-state index contributed by atoms with van der Waals surface area (Å²) in [5, 5.41) is 9.32. The number of imidazole rings is 1. The van der Waals surface area contributed by atoms with Crippen molar-refractivity contribution in [2.45, 2.75) is 33.5 Å². The van der Waals surface area contributed by atoms with Gasteiger partial charge < -0.3 is 14.4 Å². The minimum absolute atomic E-state index is 0.00385. The van der Waals surface area contributed by atoms with Crippen LogP contribution < -0.4 is 4.74 Å². The quantitative estimate of drug-likeness (QED) is 0.919. The SMILES string of the molecule is Cc1nc(-c2ccc(OC(C)C)cc2)n(C)c1CO. The molecule has 0 unspecified atom stereocenters. The second kappa shape index (κ2) is 5.45. The number of aliphatic hydroxyl groups excluding tert-OH is 1. The van der Waals surface area contributed by atoms with Gasteiger partial charge in [0.15, 0.2) is 0 Å². The number of benzene rings is 1. The lowest BCUT2D eigenvalue weighted by atomic mass is 10.2. The molecule has 0 atom stereocenters. The Morgan fingerprint density at radius 3 is 2.37 bits per heavy atom. The highest BCUT2D eigenvalue weighted by Crippen LogP contribution is 2.24. The fourth-order valence-electron chi connectivity index (χ4n) is 2.10. The van der Waals surface area contributed by atoms with Crippen molar-refractivity contribution >= 4 is 0 Å². The first-order valence-electron chi connectivity index (χ1n) is 6.43. The largest absolute Gasteiger partial charge is 0.491 e. The summed E-state index contributed by atoms with van der Waals surface area (Å²) in [7, 11) is 1.92. The van der Waals surface area contributed by atoms with E-state index in [1.165, 1.54) is 0 Å². The molecule has 1 aromatic carbocycles. The van der Waals surface area contributed by atoms with Gasteiger partial charge in [-0.1, -0.05) is 0 Å². The Bertz CT molecular complexity index is 556. The lowest BCUT2D eigenvalue weighted by molar-refractivity contribution is 0.242. The first kappa shape index (κ1) is 13.6. The Hall–Kier alpha value is -1.81. The molecule has 0 fully saturated rings. The van der Waals surface area contributed by atoms with Crippen LogP contribution in [-0.4, -0.2) is 20.8 Å². The van der Waals surface area contributed by atoms with Crippen molar-refractivity contribution in [2.75, 3.05) is 0 Å². The molecule has 4 heteroatoms. The molecule has 0 saturated carbocycles. The molecular formula is C15H20N2O2. The van der Waals surface area contributed by atoms with Crippen LogP contribution in [0.4, 0.5) is 0 Å². The first-order chi connectivity index (χ1) is 9.02. The summed E-state index contributed by atoms with van der Waals surface area (Å²) in [6.45, 7) is 5.92. The second-order valence-corrected chi connectivity index (χ2v) is 4.88. The minimum Gasteiger partial charge on any atom is -0.491 e. The lowest BCUT2D eigenvalue weighted by Crippen LogP contribution is -2.05. The van der Waals surface area contributed by atoms with E-state index in [1.54, 1.807) is 0 Å². The maximum Gasteiger partial charge on any atom is 0.140 e. The fourth-order valence-corrected chi connectivity index (χ4v) is 2.10. The van der Waals surface area contributed by atoms with Crippen LogP contribution in [-0.2, 0) is 13.7 Å². The Morgan fingerprint density at radius 2 is 1.89 bits per heavy atom. The highest BCUT2D eigenvalue weighted by atomic mass is 16.5. The van der Waals surface area contributed by atoms with Crippen LogP contribution in [0.25, 0.3) is 11.4 Å². The van der Waals surface area contributed by atoms with Crippen LogP contribution in [0.3, 0.4) is 0 Å². The summed E-state index contributed by atoms with van der Waals surface area (Å²) in [4.78, 5) is 4.50. The average molecular weight is 260 g/mol. The number of hydrogen-bond donors (Lipinski definition) is 1. The van der Waals surface area contributed by atoms with Crippen LogP contribution >= 0.6 is 0 Å². The molecule has 0 aliphatic heterocycles. The predicted octanol–water partition coefficient (Wildman–Crippen LogP) is 2.68. The van der Waals surface area contributed by atoms with Gasteiger partial charge in [0.2, 0.25) is 0 Å². The molecule has 0 saturated heterocycles. The van der Waals surface area contributed by atoms with Gasteiger partial charge in [-0.2, -0.15) is 0 Å². The van der Waals surface area contributed by atoms with E-state index < -0.39 is 0 Å². The van der Waals surface area contributed by atoms with Crippen molar-refractivity contribution in [1.82, 2.24) is 9.55 Å². The average Bonchev–Trinajstić information content (AvgIpc) is 2.64. The monoisotopic (exact) mass is 260 g/mol. The topological polar surface area (TPSA) is 47.3 Å². The van der Waals surface area contributed by atoms with E-state index in [9.17, 15) is 5.11 Å². The summed E-state index contributed by atoms with van der Waals surface area (Å²) in [5.74, 6) is 1.71. The first-order valence-corrected chi connectivity index (χ1v) is 6.43. The van der Waals surface area contributed by atoms with Crippen LogP contribution in [0, 0.1) is 6.92 Å². The molecule has 102 valence electrons. The van der Waals surface area contributed by atoms with Crippen molar-refractivity contribution in [2.24, 2.45) is 7.05 Å². The maximum atomic E-state index is 9.32. The summed E-state index contributed by atoms with van der Waals surface area (Å²) in [6, 6.07) is 7.86. The Labute approximate surface area is 113 Å². The summed E-state index contributed by atoms with van der Waals surface area (Å²) in [5.41, 5.74) is 2.72. The highest BCUT2D eigenvalue weighted by Gasteiger charge is 2.12. The zero-order valence-corrected chi connectivity index (χ0v) is 11.8. The van der Waals surface area contributed by atoms with Crippen molar-refractivity contribution < 1.29 is 9.84 Å². The molecular weight excluding hydrogens is 240 g/mol. The number of rotatable bonds is 4. The second-order valence-electron chi connectivity index (χ2n) is 4.88. The van der Waals surface area contributed by atoms with Gasteiger partial charge in [-0.05, 0) is 45.0 Å². The summed E-state index contributed by atoms with van der Waals surface area (Å²) in [6.07, 6.45) is 0.169. The van der Waals surface area contributed by atoms with Crippen molar-refractivity contribution in [3.8, 4) is 17.1 Å². The molecule has 1 heterocycles. The van der Waals surface area contributed by atoms with Gasteiger partial charge in [0.05, 0.1) is 24.1 Å².